The number of hydrogen-bond acceptors (Lipinski definition) is 4. The van der Waals surface area contributed by atoms with Gasteiger partial charge in [-0.25, -0.2) is 9.67 Å². The number of rotatable bonds is 2. The van der Waals surface area contributed by atoms with E-state index in [-0.39, 0.29) is 0 Å². The second kappa shape index (κ2) is 3.90. The van der Waals surface area contributed by atoms with Gasteiger partial charge in [-0.05, 0) is 28.1 Å². The van der Waals surface area contributed by atoms with Crippen molar-refractivity contribution in [3.8, 4) is 11.6 Å². The Kier molecular flexibility index (Phi) is 2.59. The molecule has 0 bridgehead atoms. The smallest absolute Gasteiger partial charge is 0.160 e. The molecule has 0 atom stereocenters. The average molecular weight is 269 g/mol. The third kappa shape index (κ3) is 1.94. The second-order valence-electron chi connectivity index (χ2n) is 2.86. The third-order valence-corrected chi connectivity index (χ3v) is 2.50. The van der Waals surface area contributed by atoms with Crippen molar-refractivity contribution >= 4 is 21.7 Å². The molecule has 2 heterocycles. The van der Waals surface area contributed by atoms with Crippen molar-refractivity contribution < 1.29 is 4.74 Å². The molecule has 2 rings (SSSR count). The standard InChI is InChI=1S/C9H9BrN4O/c1-15-6-2-3-8(12-4-6)14-5-7(10)9(11)13-14/h2-5H,1H3,(H2,11,13). The van der Waals surface area contributed by atoms with E-state index >= 15 is 0 Å². The first-order valence-corrected chi connectivity index (χ1v) is 5.01. The van der Waals surface area contributed by atoms with Gasteiger partial charge in [-0.1, -0.05) is 0 Å². The summed E-state index contributed by atoms with van der Waals surface area (Å²) in [5.74, 6) is 1.83. The molecule has 0 saturated heterocycles. The summed E-state index contributed by atoms with van der Waals surface area (Å²) in [6, 6.07) is 3.62. The van der Waals surface area contributed by atoms with Gasteiger partial charge in [0, 0.05) is 6.20 Å². The largest absolute Gasteiger partial charge is 0.495 e. The van der Waals surface area contributed by atoms with Crippen molar-refractivity contribution in [1.29, 1.82) is 0 Å². The molecule has 0 fully saturated rings. The summed E-state index contributed by atoms with van der Waals surface area (Å²) >= 11 is 3.28. The normalized spacial score (nSPS) is 10.3. The molecule has 0 aliphatic heterocycles. The van der Waals surface area contributed by atoms with E-state index in [9.17, 15) is 0 Å². The van der Waals surface area contributed by atoms with Gasteiger partial charge >= 0.3 is 0 Å². The topological polar surface area (TPSA) is 66.0 Å². The molecule has 2 aromatic heterocycles. The molecule has 0 aromatic carbocycles. The summed E-state index contributed by atoms with van der Waals surface area (Å²) in [5, 5.41) is 4.08. The van der Waals surface area contributed by atoms with E-state index in [0.717, 1.165) is 4.47 Å². The predicted molar refractivity (Wildman–Crippen MR) is 60.0 cm³/mol. The number of anilines is 1. The third-order valence-electron chi connectivity index (χ3n) is 1.89. The molecule has 5 nitrogen and oxygen atoms in total. The molecule has 2 aromatic rings. The van der Waals surface area contributed by atoms with Crippen molar-refractivity contribution in [2.75, 3.05) is 12.8 Å². The van der Waals surface area contributed by atoms with Crippen LogP contribution in [0.2, 0.25) is 0 Å². The zero-order chi connectivity index (χ0) is 10.8. The number of pyridine rings is 1. The van der Waals surface area contributed by atoms with Gasteiger partial charge in [0.1, 0.15) is 5.75 Å². The summed E-state index contributed by atoms with van der Waals surface area (Å²) in [6.07, 6.45) is 3.38. The Morgan fingerprint density at radius 1 is 1.47 bits per heavy atom. The van der Waals surface area contributed by atoms with Crippen LogP contribution in [0.5, 0.6) is 5.75 Å². The Morgan fingerprint density at radius 2 is 2.27 bits per heavy atom. The van der Waals surface area contributed by atoms with Gasteiger partial charge in [-0.3, -0.25) is 0 Å². The van der Waals surface area contributed by atoms with Gasteiger partial charge in [0.2, 0.25) is 0 Å². The van der Waals surface area contributed by atoms with Gasteiger partial charge in [0.15, 0.2) is 11.6 Å². The van der Waals surface area contributed by atoms with Crippen molar-refractivity contribution in [2.45, 2.75) is 0 Å². The number of methoxy groups -OCH3 is 1. The first kappa shape index (κ1) is 9.97. The lowest BCUT2D eigenvalue weighted by atomic mass is 10.4. The van der Waals surface area contributed by atoms with Crippen LogP contribution in [0.1, 0.15) is 0 Å². The first-order valence-electron chi connectivity index (χ1n) is 4.22. The number of hydrogen-bond donors (Lipinski definition) is 1. The molecule has 2 N–H and O–H groups in total. The van der Waals surface area contributed by atoms with E-state index in [4.69, 9.17) is 10.5 Å². The lowest BCUT2D eigenvalue weighted by Gasteiger charge is -2.01. The zero-order valence-corrected chi connectivity index (χ0v) is 9.60. The monoisotopic (exact) mass is 268 g/mol. The number of nitrogen functional groups attached to an aromatic ring is 1. The Balaban J connectivity index is 2.37. The van der Waals surface area contributed by atoms with Crippen molar-refractivity contribution in [3.05, 3.63) is 29.0 Å². The van der Waals surface area contributed by atoms with Gasteiger partial charge in [-0.15, -0.1) is 5.10 Å². The van der Waals surface area contributed by atoms with Gasteiger partial charge < -0.3 is 10.5 Å². The summed E-state index contributed by atoms with van der Waals surface area (Å²) in [5.41, 5.74) is 5.60. The van der Waals surface area contributed by atoms with Crippen LogP contribution in [0.25, 0.3) is 5.82 Å². The van der Waals surface area contributed by atoms with Gasteiger partial charge in [0.05, 0.1) is 17.8 Å². The SMILES string of the molecule is COc1ccc(-n2cc(Br)c(N)n2)nc1. The molecule has 0 saturated carbocycles. The highest BCUT2D eigenvalue weighted by molar-refractivity contribution is 9.10. The first-order chi connectivity index (χ1) is 7.20. The van der Waals surface area contributed by atoms with E-state index in [1.165, 1.54) is 0 Å². The Hall–Kier alpha value is -1.56. The lowest BCUT2D eigenvalue weighted by molar-refractivity contribution is 0.412. The highest BCUT2D eigenvalue weighted by Crippen LogP contribution is 2.19. The molecule has 0 radical (unpaired) electrons. The minimum absolute atomic E-state index is 0.438. The van der Waals surface area contributed by atoms with E-state index in [0.29, 0.717) is 17.4 Å². The minimum Gasteiger partial charge on any atom is -0.495 e. The van der Waals surface area contributed by atoms with Crippen LogP contribution in [-0.4, -0.2) is 21.9 Å². The Bertz CT molecular complexity index is 446. The van der Waals surface area contributed by atoms with Gasteiger partial charge in [0.25, 0.3) is 0 Å². The lowest BCUT2D eigenvalue weighted by Crippen LogP contribution is -1.99. The molecule has 0 aliphatic rings. The zero-order valence-electron chi connectivity index (χ0n) is 8.01. The van der Waals surface area contributed by atoms with E-state index in [1.807, 2.05) is 6.07 Å². The molecule has 0 amide bonds. The maximum absolute atomic E-state index is 5.60. The van der Waals surface area contributed by atoms with E-state index in [2.05, 4.69) is 26.0 Å². The van der Waals surface area contributed by atoms with Crippen LogP contribution < -0.4 is 10.5 Å². The Labute approximate surface area is 95.0 Å². The van der Waals surface area contributed by atoms with Crippen LogP contribution in [0, 0.1) is 0 Å². The van der Waals surface area contributed by atoms with Crippen molar-refractivity contribution in [3.63, 3.8) is 0 Å². The number of nitrogens with zero attached hydrogens (tertiary/aromatic N) is 3. The van der Waals surface area contributed by atoms with Gasteiger partial charge in [-0.2, -0.15) is 0 Å². The summed E-state index contributed by atoms with van der Waals surface area (Å²) < 4.78 is 7.35. The number of nitrogens with two attached hydrogens (primary N) is 1. The molecule has 0 unspecified atom stereocenters. The summed E-state index contributed by atoms with van der Waals surface area (Å²) in [4.78, 5) is 4.17. The highest BCUT2D eigenvalue weighted by Gasteiger charge is 2.04. The average Bonchev–Trinajstić information content (AvgIpc) is 2.59. The second-order valence-corrected chi connectivity index (χ2v) is 3.72. The molecule has 15 heavy (non-hydrogen) atoms. The van der Waals surface area contributed by atoms with Crippen molar-refractivity contribution in [2.24, 2.45) is 0 Å². The molecule has 0 spiro atoms. The minimum atomic E-state index is 0.438. The number of halogens is 1. The molecular formula is C9H9BrN4O. The Morgan fingerprint density at radius 3 is 2.73 bits per heavy atom. The highest BCUT2D eigenvalue weighted by atomic mass is 79.9. The van der Waals surface area contributed by atoms with Crippen molar-refractivity contribution in [1.82, 2.24) is 14.8 Å². The predicted octanol–water partition coefficient (Wildman–Crippen LogP) is 1.62. The van der Waals surface area contributed by atoms with Crippen LogP contribution in [0.15, 0.2) is 29.0 Å². The number of aromatic nitrogens is 3. The van der Waals surface area contributed by atoms with E-state index < -0.39 is 0 Å². The fraction of sp³-hybridized carbons (Fsp3) is 0.111. The fourth-order valence-electron chi connectivity index (χ4n) is 1.11. The van der Waals surface area contributed by atoms with Crippen LogP contribution >= 0.6 is 15.9 Å². The number of ether oxygens (including phenoxy) is 1. The molecule has 6 heteroatoms. The van der Waals surface area contributed by atoms with E-state index in [1.54, 1.807) is 30.3 Å². The quantitative estimate of drug-likeness (QED) is 0.899. The van der Waals surface area contributed by atoms with Crippen LogP contribution in [0.3, 0.4) is 0 Å². The fourth-order valence-corrected chi connectivity index (χ4v) is 1.39. The summed E-state index contributed by atoms with van der Waals surface area (Å²) in [6.45, 7) is 0. The molecule has 0 aliphatic carbocycles. The summed E-state index contributed by atoms with van der Waals surface area (Å²) in [7, 11) is 1.60. The maximum Gasteiger partial charge on any atom is 0.160 e. The molecular weight excluding hydrogens is 260 g/mol. The maximum atomic E-state index is 5.60. The van der Waals surface area contributed by atoms with Crippen LogP contribution in [0.4, 0.5) is 5.82 Å². The molecule has 78 valence electrons. The van der Waals surface area contributed by atoms with Crippen LogP contribution in [-0.2, 0) is 0 Å².